The zero-order chi connectivity index (χ0) is 20.5. The number of amides is 1. The van der Waals surface area contributed by atoms with Crippen LogP contribution in [0.2, 0.25) is 10.0 Å². The highest BCUT2D eigenvalue weighted by Gasteiger charge is 2.20. The van der Waals surface area contributed by atoms with E-state index in [0.29, 0.717) is 26.5 Å². The number of halogens is 2. The molecule has 4 rings (SSSR count). The Kier molecular flexibility index (Phi) is 5.83. The number of thioether (sulfide) groups is 1. The SMILES string of the molecule is Cc1cc2oc(C(=O)Nc3nnc(SCc4ccccc4Cl)s3)c(C)c2cc1Cl. The topological polar surface area (TPSA) is 68.0 Å². The Morgan fingerprint density at radius 3 is 2.76 bits per heavy atom. The molecule has 148 valence electrons. The molecule has 0 aliphatic rings. The second kappa shape index (κ2) is 8.36. The highest BCUT2D eigenvalue weighted by atomic mass is 35.5. The smallest absolute Gasteiger partial charge is 0.293 e. The van der Waals surface area contributed by atoms with E-state index in [2.05, 4.69) is 15.5 Å². The van der Waals surface area contributed by atoms with Crippen LogP contribution in [-0.2, 0) is 5.75 Å². The molecule has 0 fully saturated rings. The van der Waals surface area contributed by atoms with Gasteiger partial charge in [-0.2, -0.15) is 0 Å². The second-order valence-corrected chi connectivity index (χ2v) is 9.38. The summed E-state index contributed by atoms with van der Waals surface area (Å²) in [4.78, 5) is 12.7. The van der Waals surface area contributed by atoms with Gasteiger partial charge in [0.25, 0.3) is 5.91 Å². The molecular weight excluding hydrogens is 449 g/mol. The third-order valence-electron chi connectivity index (χ3n) is 4.36. The molecule has 0 aliphatic heterocycles. The van der Waals surface area contributed by atoms with Gasteiger partial charge in [0.05, 0.1) is 0 Å². The average molecular weight is 464 g/mol. The number of nitrogens with one attached hydrogen (secondary N) is 1. The van der Waals surface area contributed by atoms with E-state index in [1.54, 1.807) is 0 Å². The summed E-state index contributed by atoms with van der Waals surface area (Å²) in [6.07, 6.45) is 0. The van der Waals surface area contributed by atoms with Crippen molar-refractivity contribution in [1.82, 2.24) is 10.2 Å². The third-order valence-corrected chi connectivity index (χ3v) is 7.16. The number of benzene rings is 2. The maximum atomic E-state index is 12.7. The Hall–Kier alpha value is -2.06. The Morgan fingerprint density at radius 1 is 1.17 bits per heavy atom. The first-order chi connectivity index (χ1) is 13.9. The van der Waals surface area contributed by atoms with Crippen molar-refractivity contribution in [2.24, 2.45) is 0 Å². The first kappa shape index (κ1) is 20.2. The first-order valence-electron chi connectivity index (χ1n) is 8.62. The van der Waals surface area contributed by atoms with Crippen molar-refractivity contribution in [3.05, 3.63) is 68.9 Å². The molecule has 0 radical (unpaired) electrons. The quantitative estimate of drug-likeness (QED) is 0.261. The zero-order valence-electron chi connectivity index (χ0n) is 15.5. The standard InChI is InChI=1S/C20H15Cl2N3O2S2/c1-10-7-16-13(8-15(10)22)11(2)17(27-16)18(26)23-19-24-25-20(29-19)28-9-12-5-3-4-6-14(12)21/h3-8H,9H2,1-2H3,(H,23,24,26). The van der Waals surface area contributed by atoms with Crippen LogP contribution in [0.25, 0.3) is 11.0 Å². The Bertz CT molecular complexity index is 1220. The maximum Gasteiger partial charge on any atom is 0.293 e. The molecule has 2 heterocycles. The van der Waals surface area contributed by atoms with E-state index in [1.165, 1.54) is 23.1 Å². The van der Waals surface area contributed by atoms with Gasteiger partial charge in [-0.15, -0.1) is 10.2 Å². The molecule has 0 unspecified atom stereocenters. The van der Waals surface area contributed by atoms with Crippen molar-refractivity contribution in [2.75, 3.05) is 5.32 Å². The number of rotatable bonds is 5. The van der Waals surface area contributed by atoms with E-state index in [4.69, 9.17) is 27.6 Å². The van der Waals surface area contributed by atoms with E-state index >= 15 is 0 Å². The summed E-state index contributed by atoms with van der Waals surface area (Å²) in [5, 5.41) is 13.5. The molecule has 0 atom stereocenters. The van der Waals surface area contributed by atoms with E-state index in [-0.39, 0.29) is 11.7 Å². The minimum Gasteiger partial charge on any atom is -0.451 e. The number of carbonyl (C=O) groups is 1. The van der Waals surface area contributed by atoms with Crippen LogP contribution in [0, 0.1) is 13.8 Å². The number of anilines is 1. The second-order valence-electron chi connectivity index (χ2n) is 6.36. The lowest BCUT2D eigenvalue weighted by molar-refractivity contribution is 0.0998. The van der Waals surface area contributed by atoms with Gasteiger partial charge in [0.1, 0.15) is 5.58 Å². The molecule has 1 amide bonds. The van der Waals surface area contributed by atoms with Crippen LogP contribution in [0.1, 0.15) is 27.2 Å². The molecule has 0 spiro atoms. The summed E-state index contributed by atoms with van der Waals surface area (Å²) in [6, 6.07) is 11.3. The van der Waals surface area contributed by atoms with E-state index in [1.807, 2.05) is 50.2 Å². The number of furan rings is 1. The molecule has 2 aromatic carbocycles. The summed E-state index contributed by atoms with van der Waals surface area (Å²) in [6.45, 7) is 3.72. The van der Waals surface area contributed by atoms with Crippen LogP contribution in [0.15, 0.2) is 45.2 Å². The third kappa shape index (κ3) is 4.28. The van der Waals surface area contributed by atoms with Crippen molar-refractivity contribution in [2.45, 2.75) is 23.9 Å². The van der Waals surface area contributed by atoms with E-state index in [9.17, 15) is 4.79 Å². The predicted molar refractivity (Wildman–Crippen MR) is 120 cm³/mol. The lowest BCUT2D eigenvalue weighted by Gasteiger charge is -2.00. The maximum absolute atomic E-state index is 12.7. The number of carbonyl (C=O) groups excluding carboxylic acids is 1. The van der Waals surface area contributed by atoms with Crippen LogP contribution < -0.4 is 5.32 Å². The fourth-order valence-electron chi connectivity index (χ4n) is 2.79. The molecule has 0 saturated heterocycles. The number of hydrogen-bond acceptors (Lipinski definition) is 6. The highest BCUT2D eigenvalue weighted by molar-refractivity contribution is 8.00. The van der Waals surface area contributed by atoms with Crippen molar-refractivity contribution in [3.8, 4) is 0 Å². The van der Waals surface area contributed by atoms with Gasteiger partial charge < -0.3 is 4.42 Å². The normalized spacial score (nSPS) is 11.2. The summed E-state index contributed by atoms with van der Waals surface area (Å²) in [5.41, 5.74) is 3.27. The van der Waals surface area contributed by atoms with Crippen LogP contribution in [0.3, 0.4) is 0 Å². The van der Waals surface area contributed by atoms with Crippen LogP contribution in [0.5, 0.6) is 0 Å². The molecule has 0 aliphatic carbocycles. The number of fused-ring (bicyclic) bond motifs is 1. The lowest BCUT2D eigenvalue weighted by atomic mass is 10.1. The van der Waals surface area contributed by atoms with Crippen LogP contribution in [0.4, 0.5) is 5.13 Å². The largest absolute Gasteiger partial charge is 0.451 e. The fraction of sp³-hybridized carbons (Fsp3) is 0.150. The highest BCUT2D eigenvalue weighted by Crippen LogP contribution is 2.32. The summed E-state index contributed by atoms with van der Waals surface area (Å²) in [5.74, 6) is 0.541. The Morgan fingerprint density at radius 2 is 1.97 bits per heavy atom. The van der Waals surface area contributed by atoms with Gasteiger partial charge in [-0.25, -0.2) is 0 Å². The predicted octanol–water partition coefficient (Wildman–Crippen LogP) is 6.75. The van der Waals surface area contributed by atoms with Crippen molar-refractivity contribution in [1.29, 1.82) is 0 Å². The van der Waals surface area contributed by atoms with Crippen molar-refractivity contribution < 1.29 is 9.21 Å². The number of nitrogens with zero attached hydrogens (tertiary/aromatic N) is 2. The van der Waals surface area contributed by atoms with Gasteiger partial charge in [0, 0.05) is 26.7 Å². The van der Waals surface area contributed by atoms with Crippen LogP contribution >= 0.6 is 46.3 Å². The molecule has 29 heavy (non-hydrogen) atoms. The summed E-state index contributed by atoms with van der Waals surface area (Å²) >= 11 is 15.2. The number of hydrogen-bond donors (Lipinski definition) is 1. The minimum absolute atomic E-state index is 0.238. The number of aromatic nitrogens is 2. The molecule has 0 bridgehead atoms. The van der Waals surface area contributed by atoms with Crippen LogP contribution in [-0.4, -0.2) is 16.1 Å². The van der Waals surface area contributed by atoms with Gasteiger partial charge in [-0.05, 0) is 43.2 Å². The molecule has 5 nitrogen and oxygen atoms in total. The van der Waals surface area contributed by atoms with Gasteiger partial charge in [0.15, 0.2) is 10.1 Å². The van der Waals surface area contributed by atoms with E-state index in [0.717, 1.165) is 26.4 Å². The minimum atomic E-state index is -0.369. The average Bonchev–Trinajstić information content (AvgIpc) is 3.26. The van der Waals surface area contributed by atoms with Gasteiger partial charge in [-0.3, -0.25) is 10.1 Å². The Balaban J connectivity index is 1.47. The summed E-state index contributed by atoms with van der Waals surface area (Å²) in [7, 11) is 0. The molecule has 2 aromatic heterocycles. The van der Waals surface area contributed by atoms with Crippen molar-refractivity contribution >= 4 is 68.3 Å². The van der Waals surface area contributed by atoms with E-state index < -0.39 is 0 Å². The van der Waals surface area contributed by atoms with Gasteiger partial charge >= 0.3 is 0 Å². The zero-order valence-corrected chi connectivity index (χ0v) is 18.6. The fourth-order valence-corrected chi connectivity index (χ4v) is 4.98. The molecule has 9 heteroatoms. The molecule has 1 N–H and O–H groups in total. The molecular formula is C20H15Cl2N3O2S2. The summed E-state index contributed by atoms with van der Waals surface area (Å²) < 4.78 is 6.50. The number of aryl methyl sites for hydroxylation is 2. The molecule has 4 aromatic rings. The lowest BCUT2D eigenvalue weighted by Crippen LogP contribution is -2.11. The van der Waals surface area contributed by atoms with Crippen molar-refractivity contribution in [3.63, 3.8) is 0 Å². The van der Waals surface area contributed by atoms with Gasteiger partial charge in [-0.1, -0.05) is 64.5 Å². The first-order valence-corrected chi connectivity index (χ1v) is 11.2. The van der Waals surface area contributed by atoms with Gasteiger partial charge in [0.2, 0.25) is 5.13 Å². The Labute approximate surface area is 185 Å². The monoisotopic (exact) mass is 463 g/mol. The molecule has 0 saturated carbocycles.